The molecule has 0 aliphatic carbocycles. The number of aliphatic carboxylic acids is 1. The average molecular weight is 678 g/mol. The third-order valence-electron chi connectivity index (χ3n) is 8.50. The molecular weight excluding hydrogens is 626 g/mol. The van der Waals surface area contributed by atoms with Gasteiger partial charge in [-0.25, -0.2) is 4.79 Å². The second-order valence-corrected chi connectivity index (χ2v) is 12.9. The Labute approximate surface area is 288 Å². The Balaban J connectivity index is 1.98. The Kier molecular flexibility index (Phi) is 15.5. The molecule has 0 bridgehead atoms. The molecule has 0 radical (unpaired) electrons. The maximum absolute atomic E-state index is 14.4. The van der Waals surface area contributed by atoms with E-state index < -0.39 is 54.0 Å². The number of rotatable bonds is 19. The van der Waals surface area contributed by atoms with E-state index in [1.54, 1.807) is 12.1 Å². The largest absolute Gasteiger partial charge is 0.481 e. The highest BCUT2D eigenvalue weighted by atomic mass is 16.5. The van der Waals surface area contributed by atoms with Gasteiger partial charge in [-0.2, -0.15) is 0 Å². The number of nitrogens with one attached hydrogen (secondary N) is 2. The molecule has 0 spiro atoms. The molecule has 3 aromatic carbocycles. The van der Waals surface area contributed by atoms with Crippen LogP contribution < -0.4 is 15.5 Å². The molecule has 0 fully saturated rings. The summed E-state index contributed by atoms with van der Waals surface area (Å²) in [7, 11) is 0. The Morgan fingerprint density at radius 2 is 1.53 bits per heavy atom. The van der Waals surface area contributed by atoms with E-state index in [9.17, 15) is 34.5 Å². The minimum atomic E-state index is -1.22. The zero-order chi connectivity index (χ0) is 35.9. The normalized spacial score (nSPS) is 14.3. The van der Waals surface area contributed by atoms with Crippen molar-refractivity contribution in [2.45, 2.75) is 97.1 Å². The number of fused-ring (bicyclic) bond motifs is 1. The first-order valence-electron chi connectivity index (χ1n) is 17.1. The van der Waals surface area contributed by atoms with Gasteiger partial charge in [0.1, 0.15) is 18.7 Å². The fraction of sp³-hybridized carbons (Fsp3) is 0.474. The highest BCUT2D eigenvalue weighted by Crippen LogP contribution is 2.31. The van der Waals surface area contributed by atoms with E-state index in [4.69, 9.17) is 4.74 Å². The van der Waals surface area contributed by atoms with Gasteiger partial charge in [0.2, 0.25) is 11.8 Å². The monoisotopic (exact) mass is 677 g/mol. The molecule has 0 saturated heterocycles. The fourth-order valence-electron chi connectivity index (χ4n) is 5.90. The Hall–Kier alpha value is -4.48. The average Bonchev–Trinajstić information content (AvgIpc) is 3.08. The lowest BCUT2D eigenvalue weighted by molar-refractivity contribution is -0.143. The van der Waals surface area contributed by atoms with Crippen LogP contribution in [0.4, 0.5) is 10.5 Å². The maximum atomic E-state index is 14.4. The number of hydrogen-bond donors (Lipinski definition) is 5. The Morgan fingerprint density at radius 1 is 0.857 bits per heavy atom. The second kappa shape index (κ2) is 19.5. The first kappa shape index (κ1) is 39.0. The third kappa shape index (κ3) is 11.6. The standard InChI is InChI=1S/C38H51N3O8/c1-5-6-18-33(35(44)40-31(22-25(2)3)34(43)23-29(20-21-42)37(46)47)41(32-19-12-16-28-15-10-11-17-30(28)32)36(45)26(4)39-38(48)49-24-27-13-8-7-9-14-27/h7-17,19,25-26,29,31,33-34,42-43H,5-6,18,20-24H2,1-4H3,(H,39,48)(H,40,44)(H,46,47)/t26-,29?,31-,33-,34-/m0/s1. The quantitative estimate of drug-likeness (QED) is 0.112. The van der Waals surface area contributed by atoms with E-state index in [0.717, 1.165) is 22.8 Å². The van der Waals surface area contributed by atoms with Crippen molar-refractivity contribution in [1.29, 1.82) is 0 Å². The molecule has 0 saturated carbocycles. The van der Waals surface area contributed by atoms with Crippen LogP contribution in [0.3, 0.4) is 0 Å². The van der Waals surface area contributed by atoms with Gasteiger partial charge in [-0.05, 0) is 55.5 Å². The fourth-order valence-corrected chi connectivity index (χ4v) is 5.90. The van der Waals surface area contributed by atoms with Crippen molar-refractivity contribution in [2.75, 3.05) is 11.5 Å². The molecule has 11 heteroatoms. The molecule has 5 N–H and O–H groups in total. The molecule has 266 valence electrons. The van der Waals surface area contributed by atoms with Gasteiger partial charge in [-0.1, -0.05) is 100 Å². The zero-order valence-corrected chi connectivity index (χ0v) is 28.9. The van der Waals surface area contributed by atoms with Gasteiger partial charge >= 0.3 is 12.1 Å². The summed E-state index contributed by atoms with van der Waals surface area (Å²) in [6.07, 6.45) is -0.216. The summed E-state index contributed by atoms with van der Waals surface area (Å²) in [5.74, 6) is -3.13. The summed E-state index contributed by atoms with van der Waals surface area (Å²) >= 11 is 0. The summed E-state index contributed by atoms with van der Waals surface area (Å²) in [6.45, 7) is 7.04. The number of unbranched alkanes of at least 4 members (excludes halogenated alkanes) is 1. The number of ether oxygens (including phenoxy) is 1. The Bertz CT molecular complexity index is 1510. The molecular formula is C38H51N3O8. The van der Waals surface area contributed by atoms with E-state index in [-0.39, 0.29) is 38.4 Å². The Morgan fingerprint density at radius 3 is 2.18 bits per heavy atom. The van der Waals surface area contributed by atoms with Crippen molar-refractivity contribution < 1.29 is 39.2 Å². The number of aliphatic hydroxyl groups is 2. The number of alkyl carbamates (subject to hydrolysis) is 1. The number of carbonyl (C=O) groups excluding carboxylic acids is 3. The number of benzene rings is 3. The van der Waals surface area contributed by atoms with Crippen molar-refractivity contribution in [3.05, 3.63) is 78.4 Å². The van der Waals surface area contributed by atoms with Gasteiger partial charge in [0.05, 0.1) is 23.8 Å². The zero-order valence-electron chi connectivity index (χ0n) is 28.9. The van der Waals surface area contributed by atoms with Gasteiger partial charge in [-0.15, -0.1) is 0 Å². The van der Waals surface area contributed by atoms with Crippen LogP contribution in [-0.4, -0.2) is 70.0 Å². The highest BCUT2D eigenvalue weighted by Gasteiger charge is 2.37. The van der Waals surface area contributed by atoms with Crippen LogP contribution in [0.2, 0.25) is 0 Å². The summed E-state index contributed by atoms with van der Waals surface area (Å²) in [5.41, 5.74) is 1.27. The van der Waals surface area contributed by atoms with Crippen LogP contribution in [0.15, 0.2) is 72.8 Å². The molecule has 0 aromatic heterocycles. The lowest BCUT2D eigenvalue weighted by Crippen LogP contribution is -2.58. The number of anilines is 1. The van der Waals surface area contributed by atoms with Crippen molar-refractivity contribution in [3.63, 3.8) is 0 Å². The summed E-state index contributed by atoms with van der Waals surface area (Å²) in [6, 6.07) is 19.2. The van der Waals surface area contributed by atoms with Crippen LogP contribution in [0, 0.1) is 11.8 Å². The SMILES string of the molecule is CCCC[C@@H](C(=O)N[C@@H](CC(C)C)[C@@H](O)CC(CCO)C(=O)O)N(C(=O)[C@H](C)NC(=O)OCc1ccccc1)c1cccc2ccccc12. The maximum Gasteiger partial charge on any atom is 0.408 e. The minimum Gasteiger partial charge on any atom is -0.481 e. The predicted octanol–water partition coefficient (Wildman–Crippen LogP) is 5.41. The lowest BCUT2D eigenvalue weighted by atomic mass is 9.90. The van der Waals surface area contributed by atoms with Crippen LogP contribution in [0.25, 0.3) is 10.8 Å². The van der Waals surface area contributed by atoms with Crippen LogP contribution in [-0.2, 0) is 25.7 Å². The van der Waals surface area contributed by atoms with Gasteiger partial charge in [0.25, 0.3) is 0 Å². The summed E-state index contributed by atoms with van der Waals surface area (Å²) in [4.78, 5) is 54.9. The van der Waals surface area contributed by atoms with Crippen molar-refractivity contribution in [3.8, 4) is 0 Å². The topological polar surface area (TPSA) is 165 Å². The third-order valence-corrected chi connectivity index (χ3v) is 8.50. The number of aliphatic hydroxyl groups excluding tert-OH is 2. The van der Waals surface area contributed by atoms with E-state index in [1.165, 1.54) is 11.8 Å². The molecule has 11 nitrogen and oxygen atoms in total. The number of carboxylic acid groups (broad SMARTS) is 1. The molecule has 3 aromatic rings. The number of carboxylic acids is 1. The predicted molar refractivity (Wildman–Crippen MR) is 189 cm³/mol. The molecule has 0 aliphatic rings. The van der Waals surface area contributed by atoms with Crippen LogP contribution >= 0.6 is 0 Å². The van der Waals surface area contributed by atoms with Crippen LogP contribution in [0.1, 0.15) is 71.8 Å². The number of hydrogen-bond acceptors (Lipinski definition) is 7. The van der Waals surface area contributed by atoms with Gasteiger partial charge < -0.3 is 30.7 Å². The van der Waals surface area contributed by atoms with Crippen molar-refractivity contribution >= 4 is 40.3 Å². The number of nitrogens with zero attached hydrogens (tertiary/aromatic N) is 1. The highest BCUT2D eigenvalue weighted by molar-refractivity contribution is 6.09. The minimum absolute atomic E-state index is 0.0166. The molecule has 0 heterocycles. The first-order chi connectivity index (χ1) is 23.5. The summed E-state index contributed by atoms with van der Waals surface area (Å²) in [5, 5.41) is 37.4. The van der Waals surface area contributed by atoms with Crippen LogP contribution in [0.5, 0.6) is 0 Å². The van der Waals surface area contributed by atoms with Gasteiger partial charge in [0.15, 0.2) is 0 Å². The smallest absolute Gasteiger partial charge is 0.408 e. The summed E-state index contributed by atoms with van der Waals surface area (Å²) < 4.78 is 5.37. The first-order valence-corrected chi connectivity index (χ1v) is 17.1. The van der Waals surface area contributed by atoms with Crippen molar-refractivity contribution in [1.82, 2.24) is 10.6 Å². The molecule has 3 amide bonds. The van der Waals surface area contributed by atoms with E-state index in [2.05, 4.69) is 10.6 Å². The van der Waals surface area contributed by atoms with Gasteiger partial charge in [0, 0.05) is 12.0 Å². The number of amides is 3. The molecule has 49 heavy (non-hydrogen) atoms. The van der Waals surface area contributed by atoms with Gasteiger partial charge in [-0.3, -0.25) is 19.3 Å². The molecule has 3 rings (SSSR count). The molecule has 5 atom stereocenters. The van der Waals surface area contributed by atoms with E-state index in [1.807, 2.05) is 81.4 Å². The van der Waals surface area contributed by atoms with E-state index in [0.29, 0.717) is 18.5 Å². The second-order valence-electron chi connectivity index (χ2n) is 12.9. The lowest BCUT2D eigenvalue weighted by Gasteiger charge is -2.36. The number of carbonyl (C=O) groups is 4. The molecule has 1 unspecified atom stereocenters. The van der Waals surface area contributed by atoms with Crippen molar-refractivity contribution in [2.24, 2.45) is 11.8 Å². The molecule has 0 aliphatic heterocycles. The van der Waals surface area contributed by atoms with E-state index >= 15 is 0 Å².